The van der Waals surface area contributed by atoms with E-state index >= 15 is 0 Å². The first-order valence-corrected chi connectivity index (χ1v) is 10.7. The second-order valence-electron chi connectivity index (χ2n) is 8.17. The summed E-state index contributed by atoms with van der Waals surface area (Å²) in [5.74, 6) is -2.14. The van der Waals surface area contributed by atoms with E-state index in [0.717, 1.165) is 6.42 Å². The quantitative estimate of drug-likeness (QED) is 0.428. The average Bonchev–Trinajstić information content (AvgIpc) is 3.47. The number of nitrogens with one attached hydrogen (secondary N) is 1. The van der Waals surface area contributed by atoms with Gasteiger partial charge in [0.2, 0.25) is 11.8 Å². The highest BCUT2D eigenvalue weighted by Gasteiger charge is 2.59. The van der Waals surface area contributed by atoms with E-state index in [1.165, 1.54) is 17.0 Å². The van der Waals surface area contributed by atoms with E-state index in [4.69, 9.17) is 16.3 Å². The Morgan fingerprint density at radius 3 is 2.38 bits per heavy atom. The summed E-state index contributed by atoms with van der Waals surface area (Å²) in [6.07, 6.45) is 4.91. The van der Waals surface area contributed by atoms with Gasteiger partial charge in [-0.2, -0.15) is 0 Å². The number of fused-ring (bicyclic) bond motifs is 5. The smallest absolute Gasteiger partial charge is 0.338 e. The van der Waals surface area contributed by atoms with Crippen molar-refractivity contribution in [2.24, 2.45) is 23.7 Å². The molecule has 0 unspecified atom stereocenters. The fourth-order valence-electron chi connectivity index (χ4n) is 4.89. The Morgan fingerprint density at radius 2 is 1.69 bits per heavy atom. The van der Waals surface area contributed by atoms with Crippen LogP contribution in [0.4, 0.5) is 11.4 Å². The number of amides is 3. The third-order valence-corrected chi connectivity index (χ3v) is 6.62. The van der Waals surface area contributed by atoms with Gasteiger partial charge < -0.3 is 10.1 Å². The van der Waals surface area contributed by atoms with Crippen LogP contribution in [0.2, 0.25) is 5.02 Å². The first-order chi connectivity index (χ1) is 15.4. The second kappa shape index (κ2) is 7.91. The molecular formula is C24H19ClN2O5. The minimum atomic E-state index is -0.734. The minimum absolute atomic E-state index is 0.108. The molecule has 0 radical (unpaired) electrons. The molecule has 2 aliphatic carbocycles. The van der Waals surface area contributed by atoms with E-state index < -0.39 is 18.5 Å². The molecule has 3 aliphatic rings. The Labute approximate surface area is 189 Å². The van der Waals surface area contributed by atoms with Crippen molar-refractivity contribution in [2.45, 2.75) is 6.42 Å². The van der Waals surface area contributed by atoms with Gasteiger partial charge in [-0.25, -0.2) is 9.69 Å². The van der Waals surface area contributed by atoms with Crippen molar-refractivity contribution in [3.8, 4) is 0 Å². The fourth-order valence-corrected chi connectivity index (χ4v) is 5.08. The Morgan fingerprint density at radius 1 is 1.00 bits per heavy atom. The lowest BCUT2D eigenvalue weighted by Crippen LogP contribution is -2.33. The van der Waals surface area contributed by atoms with Crippen LogP contribution in [0.1, 0.15) is 16.8 Å². The summed E-state index contributed by atoms with van der Waals surface area (Å²) >= 11 is 6.00. The molecule has 7 nitrogen and oxygen atoms in total. The van der Waals surface area contributed by atoms with Gasteiger partial charge in [-0.05, 0) is 48.6 Å². The molecule has 3 amide bonds. The van der Waals surface area contributed by atoms with Gasteiger partial charge >= 0.3 is 5.97 Å². The van der Waals surface area contributed by atoms with Crippen LogP contribution in [0.15, 0.2) is 60.7 Å². The van der Waals surface area contributed by atoms with E-state index in [0.29, 0.717) is 16.4 Å². The van der Waals surface area contributed by atoms with E-state index in [2.05, 4.69) is 5.32 Å². The highest BCUT2D eigenvalue weighted by atomic mass is 35.5. The molecule has 162 valence electrons. The summed E-state index contributed by atoms with van der Waals surface area (Å²) in [4.78, 5) is 51.7. The highest BCUT2D eigenvalue weighted by molar-refractivity contribution is 6.33. The van der Waals surface area contributed by atoms with Crippen molar-refractivity contribution in [1.82, 2.24) is 0 Å². The number of benzene rings is 2. The van der Waals surface area contributed by atoms with E-state index in [-0.39, 0.29) is 41.0 Å². The number of carbonyl (C=O) groups is 4. The van der Waals surface area contributed by atoms with Crippen LogP contribution >= 0.6 is 11.6 Å². The van der Waals surface area contributed by atoms with E-state index in [1.807, 2.05) is 12.2 Å². The number of rotatable bonds is 5. The molecule has 5 rings (SSSR count). The van der Waals surface area contributed by atoms with Crippen LogP contribution in [0.5, 0.6) is 0 Å². The van der Waals surface area contributed by atoms with Crippen molar-refractivity contribution in [2.75, 3.05) is 16.8 Å². The minimum Gasteiger partial charge on any atom is -0.452 e. The van der Waals surface area contributed by atoms with Gasteiger partial charge in [0.25, 0.3) is 5.91 Å². The van der Waals surface area contributed by atoms with Gasteiger partial charge in [0.1, 0.15) is 0 Å². The number of imide groups is 1. The largest absolute Gasteiger partial charge is 0.452 e. The Kier molecular flexibility index (Phi) is 5.06. The molecule has 1 saturated heterocycles. The normalized spacial score (nSPS) is 25.2. The number of hydrogen-bond acceptors (Lipinski definition) is 5. The predicted octanol–water partition coefficient (Wildman–Crippen LogP) is 3.45. The molecule has 1 saturated carbocycles. The summed E-state index contributed by atoms with van der Waals surface area (Å²) < 4.78 is 5.10. The van der Waals surface area contributed by atoms with Crippen molar-refractivity contribution >= 4 is 46.7 Å². The molecule has 2 aromatic carbocycles. The van der Waals surface area contributed by atoms with Crippen molar-refractivity contribution < 1.29 is 23.9 Å². The highest BCUT2D eigenvalue weighted by Crippen LogP contribution is 2.53. The van der Waals surface area contributed by atoms with Crippen LogP contribution < -0.4 is 10.2 Å². The molecule has 0 spiro atoms. The Bertz CT molecular complexity index is 1150. The van der Waals surface area contributed by atoms with Crippen LogP contribution in [0.3, 0.4) is 0 Å². The molecule has 2 aromatic rings. The van der Waals surface area contributed by atoms with Gasteiger partial charge in [-0.1, -0.05) is 42.0 Å². The van der Waals surface area contributed by atoms with Crippen molar-refractivity contribution in [3.63, 3.8) is 0 Å². The van der Waals surface area contributed by atoms with Gasteiger partial charge in [-0.15, -0.1) is 0 Å². The molecule has 4 atom stereocenters. The number of halogens is 1. The number of para-hydroxylation sites is 1. The second-order valence-corrected chi connectivity index (χ2v) is 8.57. The summed E-state index contributed by atoms with van der Waals surface area (Å²) in [6.45, 7) is -0.505. The Hall–Kier alpha value is -3.45. The van der Waals surface area contributed by atoms with Crippen LogP contribution in [-0.2, 0) is 19.1 Å². The topological polar surface area (TPSA) is 92.8 Å². The van der Waals surface area contributed by atoms with Crippen LogP contribution in [-0.4, -0.2) is 30.3 Å². The maximum Gasteiger partial charge on any atom is 0.338 e. The van der Waals surface area contributed by atoms with Crippen LogP contribution in [0.25, 0.3) is 0 Å². The summed E-state index contributed by atoms with van der Waals surface area (Å²) in [6, 6.07) is 12.9. The lowest BCUT2D eigenvalue weighted by atomic mass is 9.85. The zero-order valence-electron chi connectivity index (χ0n) is 16.9. The maximum absolute atomic E-state index is 13.0. The van der Waals surface area contributed by atoms with Crippen molar-refractivity contribution in [3.05, 3.63) is 71.3 Å². The lowest BCUT2D eigenvalue weighted by Gasteiger charge is -2.18. The summed E-state index contributed by atoms with van der Waals surface area (Å²) in [5, 5.41) is 2.94. The number of anilines is 2. The predicted molar refractivity (Wildman–Crippen MR) is 117 cm³/mol. The summed E-state index contributed by atoms with van der Waals surface area (Å²) in [7, 11) is 0. The zero-order chi connectivity index (χ0) is 22.4. The number of hydrogen-bond donors (Lipinski definition) is 1. The maximum atomic E-state index is 13.0. The monoisotopic (exact) mass is 450 g/mol. The molecule has 1 N–H and O–H groups in total. The van der Waals surface area contributed by atoms with Gasteiger partial charge in [0.15, 0.2) is 6.61 Å². The molecule has 32 heavy (non-hydrogen) atoms. The first kappa shape index (κ1) is 20.5. The molecular weight excluding hydrogens is 432 g/mol. The number of allylic oxidation sites excluding steroid dienone is 2. The van der Waals surface area contributed by atoms with Gasteiger partial charge in [0, 0.05) is 0 Å². The fraction of sp³-hybridized carbons (Fsp3) is 0.250. The van der Waals surface area contributed by atoms with E-state index in [1.54, 1.807) is 36.4 Å². The standard InChI is InChI=1S/C24H19ClN2O5/c25-17-6-1-2-7-18(17)26-19(28)12-32-24(31)15-4-3-5-16(11-15)27-22(29)20-13-8-9-14(10-13)21(20)23(27)30/h1-9,11,13-14,20-21H,10,12H2,(H,26,28)/t13-,14-,20-,21+/m0/s1. The zero-order valence-corrected chi connectivity index (χ0v) is 17.6. The van der Waals surface area contributed by atoms with E-state index in [9.17, 15) is 19.2 Å². The van der Waals surface area contributed by atoms with Gasteiger partial charge in [-0.3, -0.25) is 14.4 Å². The molecule has 2 bridgehead atoms. The third kappa shape index (κ3) is 3.39. The van der Waals surface area contributed by atoms with Crippen LogP contribution in [0, 0.1) is 23.7 Å². The molecule has 8 heteroatoms. The molecule has 0 aromatic heterocycles. The third-order valence-electron chi connectivity index (χ3n) is 6.29. The number of ether oxygens (including phenoxy) is 1. The average molecular weight is 451 g/mol. The number of nitrogens with zero attached hydrogens (tertiary/aromatic N) is 1. The number of esters is 1. The summed E-state index contributed by atoms with van der Waals surface area (Å²) in [5.41, 5.74) is 0.896. The molecule has 2 fully saturated rings. The van der Waals surface area contributed by atoms with Crippen molar-refractivity contribution in [1.29, 1.82) is 0 Å². The first-order valence-electron chi connectivity index (χ1n) is 10.3. The van der Waals surface area contributed by atoms with Gasteiger partial charge in [0.05, 0.1) is 33.8 Å². The molecule has 1 aliphatic heterocycles. The molecule has 1 heterocycles. The lowest BCUT2D eigenvalue weighted by molar-refractivity contribution is -0.123. The Balaban J connectivity index is 1.26. The SMILES string of the molecule is O=C(COC(=O)c1cccc(N2C(=O)[C@@H]3[C@H](C2=O)[C@H]2C=C[C@H]3C2)c1)Nc1ccccc1Cl. The number of carbonyl (C=O) groups excluding carboxylic acids is 4.